The van der Waals surface area contributed by atoms with Crippen LogP contribution in [-0.4, -0.2) is 24.6 Å². The summed E-state index contributed by atoms with van der Waals surface area (Å²) in [4.78, 5) is 14.7. The average Bonchev–Trinajstić information content (AvgIpc) is 2.55. The van der Waals surface area contributed by atoms with E-state index in [2.05, 4.69) is 9.71 Å². The van der Waals surface area contributed by atoms with Crippen LogP contribution < -0.4 is 9.46 Å². The van der Waals surface area contributed by atoms with Gasteiger partial charge in [-0.25, -0.2) is 8.42 Å². The van der Waals surface area contributed by atoms with Gasteiger partial charge in [-0.3, -0.25) is 19.8 Å². The molecular weight excluding hydrogens is 346 g/mol. The quantitative estimate of drug-likeness (QED) is 0.552. The normalized spacial score (nSPS) is 11.2. The fraction of sp³-hybridized carbons (Fsp3) is 0.0625. The van der Waals surface area contributed by atoms with E-state index in [0.717, 1.165) is 17.7 Å². The SMILES string of the molecule is CS(=O)(=O)Nc1ccc([N+](=O)[O-])cc1Oc1cccc2cccnc12. The zero-order chi connectivity index (χ0) is 18.0. The summed E-state index contributed by atoms with van der Waals surface area (Å²) in [5, 5.41) is 11.8. The number of sulfonamides is 1. The molecule has 0 bridgehead atoms. The Labute approximate surface area is 143 Å². The molecule has 0 spiro atoms. The number of non-ortho nitro benzene ring substituents is 1. The molecular formula is C16H13N3O5S. The van der Waals surface area contributed by atoms with Gasteiger partial charge in [0, 0.05) is 17.6 Å². The molecule has 0 saturated heterocycles. The van der Waals surface area contributed by atoms with Crippen LogP contribution in [-0.2, 0) is 10.0 Å². The number of benzene rings is 2. The first-order valence-electron chi connectivity index (χ1n) is 7.11. The van der Waals surface area contributed by atoms with Crippen molar-refractivity contribution in [3.63, 3.8) is 0 Å². The van der Waals surface area contributed by atoms with Crippen LogP contribution in [0.25, 0.3) is 10.9 Å². The molecule has 0 radical (unpaired) electrons. The van der Waals surface area contributed by atoms with Crippen molar-refractivity contribution >= 4 is 32.3 Å². The topological polar surface area (TPSA) is 111 Å². The number of fused-ring (bicyclic) bond motifs is 1. The van der Waals surface area contributed by atoms with E-state index < -0.39 is 14.9 Å². The smallest absolute Gasteiger partial charge is 0.273 e. The molecule has 0 fully saturated rings. The second kappa shape index (κ2) is 6.36. The number of hydrogen-bond acceptors (Lipinski definition) is 6. The standard InChI is InChI=1S/C16H13N3O5S/c1-25(22,23)18-13-8-7-12(19(20)21)10-15(13)24-14-6-2-4-11-5-3-9-17-16(11)14/h2-10,18H,1H3. The van der Waals surface area contributed by atoms with Crippen LogP contribution in [0.5, 0.6) is 11.5 Å². The molecule has 128 valence electrons. The number of nitrogens with one attached hydrogen (secondary N) is 1. The minimum atomic E-state index is -3.58. The first-order valence-corrected chi connectivity index (χ1v) is 9.00. The Morgan fingerprint density at radius 3 is 2.60 bits per heavy atom. The van der Waals surface area contributed by atoms with E-state index in [1.54, 1.807) is 24.4 Å². The number of rotatable bonds is 5. The highest BCUT2D eigenvalue weighted by Crippen LogP contribution is 2.35. The molecule has 0 aliphatic rings. The predicted octanol–water partition coefficient (Wildman–Crippen LogP) is 3.31. The summed E-state index contributed by atoms with van der Waals surface area (Å²) in [5.74, 6) is 0.368. The zero-order valence-corrected chi connectivity index (χ0v) is 13.9. The van der Waals surface area contributed by atoms with Crippen molar-refractivity contribution in [2.75, 3.05) is 11.0 Å². The number of nitro benzene ring substituents is 1. The van der Waals surface area contributed by atoms with Crippen molar-refractivity contribution < 1.29 is 18.1 Å². The van der Waals surface area contributed by atoms with Crippen molar-refractivity contribution in [2.45, 2.75) is 0 Å². The van der Waals surface area contributed by atoms with Crippen LogP contribution in [0.4, 0.5) is 11.4 Å². The van der Waals surface area contributed by atoms with Gasteiger partial charge in [0.05, 0.1) is 22.9 Å². The second-order valence-electron chi connectivity index (χ2n) is 5.25. The van der Waals surface area contributed by atoms with Crippen molar-refractivity contribution in [2.24, 2.45) is 0 Å². The fourth-order valence-corrected chi connectivity index (χ4v) is 2.84. The largest absolute Gasteiger partial charge is 0.453 e. The molecule has 3 rings (SSSR count). The van der Waals surface area contributed by atoms with Crippen LogP contribution >= 0.6 is 0 Å². The van der Waals surface area contributed by atoms with Crippen molar-refractivity contribution in [3.05, 3.63) is 64.8 Å². The Kier molecular flexibility index (Phi) is 4.24. The molecule has 1 N–H and O–H groups in total. The number of para-hydroxylation sites is 1. The molecule has 1 aromatic heterocycles. The van der Waals surface area contributed by atoms with Crippen molar-refractivity contribution in [1.82, 2.24) is 4.98 Å². The molecule has 25 heavy (non-hydrogen) atoms. The molecule has 9 heteroatoms. The van der Waals surface area contributed by atoms with E-state index in [1.165, 1.54) is 12.1 Å². The molecule has 1 heterocycles. The Morgan fingerprint density at radius 2 is 1.88 bits per heavy atom. The molecule has 0 aliphatic heterocycles. The lowest BCUT2D eigenvalue weighted by atomic mass is 10.2. The third-order valence-corrected chi connectivity index (χ3v) is 3.88. The monoisotopic (exact) mass is 359 g/mol. The molecule has 3 aromatic rings. The number of hydrogen-bond donors (Lipinski definition) is 1. The van der Waals surface area contributed by atoms with Gasteiger partial charge in [0.15, 0.2) is 11.5 Å². The fourth-order valence-electron chi connectivity index (χ4n) is 2.27. The summed E-state index contributed by atoms with van der Waals surface area (Å²) < 4.78 is 31.1. The van der Waals surface area contributed by atoms with Crippen LogP contribution in [0.15, 0.2) is 54.7 Å². The van der Waals surface area contributed by atoms with E-state index in [-0.39, 0.29) is 17.1 Å². The molecule has 0 unspecified atom stereocenters. The maximum atomic E-state index is 11.5. The van der Waals surface area contributed by atoms with Crippen LogP contribution in [0.2, 0.25) is 0 Å². The molecule has 2 aromatic carbocycles. The van der Waals surface area contributed by atoms with Gasteiger partial charge < -0.3 is 4.74 Å². The summed E-state index contributed by atoms with van der Waals surface area (Å²) >= 11 is 0. The van der Waals surface area contributed by atoms with Gasteiger partial charge >= 0.3 is 0 Å². The second-order valence-corrected chi connectivity index (χ2v) is 6.99. The van der Waals surface area contributed by atoms with Gasteiger partial charge in [-0.2, -0.15) is 0 Å². The molecule has 0 aliphatic carbocycles. The van der Waals surface area contributed by atoms with Gasteiger partial charge in [-0.05, 0) is 18.2 Å². The number of nitro groups is 1. The summed E-state index contributed by atoms with van der Waals surface area (Å²) in [7, 11) is -3.58. The Morgan fingerprint density at radius 1 is 1.12 bits per heavy atom. The van der Waals surface area contributed by atoms with Gasteiger partial charge in [0.1, 0.15) is 5.52 Å². The lowest BCUT2D eigenvalue weighted by Crippen LogP contribution is -2.10. The lowest BCUT2D eigenvalue weighted by Gasteiger charge is -2.13. The average molecular weight is 359 g/mol. The summed E-state index contributed by atoms with van der Waals surface area (Å²) in [6, 6.07) is 12.5. The lowest BCUT2D eigenvalue weighted by molar-refractivity contribution is -0.384. The molecule has 0 amide bonds. The van der Waals surface area contributed by atoms with Crippen LogP contribution in [0.1, 0.15) is 0 Å². The van der Waals surface area contributed by atoms with Gasteiger partial charge in [-0.1, -0.05) is 18.2 Å². The molecule has 8 nitrogen and oxygen atoms in total. The summed E-state index contributed by atoms with van der Waals surface area (Å²) in [6.07, 6.45) is 2.58. The van der Waals surface area contributed by atoms with Gasteiger partial charge in [-0.15, -0.1) is 0 Å². The van der Waals surface area contributed by atoms with Crippen LogP contribution in [0.3, 0.4) is 0 Å². The Bertz CT molecular complexity index is 1060. The molecule has 0 atom stereocenters. The minimum absolute atomic E-state index is 0.0118. The highest BCUT2D eigenvalue weighted by molar-refractivity contribution is 7.92. The summed E-state index contributed by atoms with van der Waals surface area (Å²) in [6.45, 7) is 0. The Balaban J connectivity index is 2.10. The number of nitrogens with zero attached hydrogens (tertiary/aromatic N) is 2. The minimum Gasteiger partial charge on any atom is -0.453 e. The van der Waals surface area contributed by atoms with Gasteiger partial charge in [0.25, 0.3) is 5.69 Å². The zero-order valence-electron chi connectivity index (χ0n) is 13.0. The highest BCUT2D eigenvalue weighted by atomic mass is 32.2. The third-order valence-electron chi connectivity index (χ3n) is 3.29. The van der Waals surface area contributed by atoms with Crippen molar-refractivity contribution in [1.29, 1.82) is 0 Å². The summed E-state index contributed by atoms with van der Waals surface area (Å²) in [5.41, 5.74) is 0.435. The first-order chi connectivity index (χ1) is 11.8. The van der Waals surface area contributed by atoms with Crippen molar-refractivity contribution in [3.8, 4) is 11.5 Å². The van der Waals surface area contributed by atoms with E-state index >= 15 is 0 Å². The number of ether oxygens (including phenoxy) is 1. The number of pyridine rings is 1. The Hall–Kier alpha value is -3.20. The predicted molar refractivity (Wildman–Crippen MR) is 93.4 cm³/mol. The third kappa shape index (κ3) is 3.83. The van der Waals surface area contributed by atoms with E-state index in [0.29, 0.717) is 11.3 Å². The van der Waals surface area contributed by atoms with Crippen LogP contribution in [0, 0.1) is 10.1 Å². The van der Waals surface area contributed by atoms with E-state index in [9.17, 15) is 18.5 Å². The van der Waals surface area contributed by atoms with E-state index in [1.807, 2.05) is 12.1 Å². The molecule has 0 saturated carbocycles. The number of anilines is 1. The van der Waals surface area contributed by atoms with Gasteiger partial charge in [0.2, 0.25) is 10.0 Å². The number of aromatic nitrogens is 1. The highest BCUT2D eigenvalue weighted by Gasteiger charge is 2.16. The maximum absolute atomic E-state index is 11.5. The first kappa shape index (κ1) is 16.7. The maximum Gasteiger partial charge on any atom is 0.273 e. The van der Waals surface area contributed by atoms with E-state index in [4.69, 9.17) is 4.74 Å².